The number of nitrogens with one attached hydrogen (secondary N) is 1. The van der Waals surface area contributed by atoms with Crippen LogP contribution >= 0.6 is 0 Å². The Balaban J connectivity index is 2.10. The summed E-state index contributed by atoms with van der Waals surface area (Å²) in [6.07, 6.45) is 1.16. The van der Waals surface area contributed by atoms with E-state index in [0.717, 1.165) is 0 Å². The molecule has 1 aliphatic rings. The van der Waals surface area contributed by atoms with Crippen molar-refractivity contribution in [1.29, 1.82) is 0 Å². The SMILES string of the molecule is CCCC(C)(NC(=O)C1CCN(c2ccc(F)cc2)C1=O)C(=O)O. The summed E-state index contributed by atoms with van der Waals surface area (Å²) in [6, 6.07) is 5.45. The van der Waals surface area contributed by atoms with Crippen molar-refractivity contribution in [3.8, 4) is 0 Å². The summed E-state index contributed by atoms with van der Waals surface area (Å²) in [6.45, 7) is 3.60. The Labute approximate surface area is 139 Å². The topological polar surface area (TPSA) is 86.7 Å². The fraction of sp³-hybridized carbons (Fsp3) is 0.471. The number of carbonyl (C=O) groups excluding carboxylic acids is 2. The highest BCUT2D eigenvalue weighted by Crippen LogP contribution is 2.26. The second kappa shape index (κ2) is 6.98. The van der Waals surface area contributed by atoms with Gasteiger partial charge in [-0.05, 0) is 44.0 Å². The number of rotatable bonds is 6. The molecule has 2 rings (SSSR count). The lowest BCUT2D eigenvalue weighted by Gasteiger charge is -2.27. The van der Waals surface area contributed by atoms with E-state index in [-0.39, 0.29) is 6.42 Å². The molecule has 1 saturated heterocycles. The summed E-state index contributed by atoms with van der Waals surface area (Å²) in [5, 5.41) is 11.8. The van der Waals surface area contributed by atoms with Crippen LogP contribution in [0.2, 0.25) is 0 Å². The van der Waals surface area contributed by atoms with Crippen LogP contribution < -0.4 is 10.2 Å². The smallest absolute Gasteiger partial charge is 0.329 e. The lowest BCUT2D eigenvalue weighted by molar-refractivity contribution is -0.148. The molecule has 130 valence electrons. The van der Waals surface area contributed by atoms with Gasteiger partial charge in [0.15, 0.2) is 0 Å². The molecule has 0 saturated carbocycles. The van der Waals surface area contributed by atoms with Gasteiger partial charge in [0.1, 0.15) is 17.3 Å². The molecule has 2 N–H and O–H groups in total. The summed E-state index contributed by atoms with van der Waals surface area (Å²) in [5.41, 5.74) is -0.874. The molecule has 24 heavy (non-hydrogen) atoms. The quantitative estimate of drug-likeness (QED) is 0.777. The number of halogens is 1. The lowest BCUT2D eigenvalue weighted by atomic mass is 9.94. The van der Waals surface area contributed by atoms with Gasteiger partial charge >= 0.3 is 5.97 Å². The number of hydrogen-bond donors (Lipinski definition) is 2. The van der Waals surface area contributed by atoms with Gasteiger partial charge in [0.2, 0.25) is 11.8 Å². The van der Waals surface area contributed by atoms with E-state index in [2.05, 4.69) is 5.32 Å². The molecule has 1 aromatic carbocycles. The summed E-state index contributed by atoms with van der Waals surface area (Å²) in [4.78, 5) is 37.7. The van der Waals surface area contributed by atoms with E-state index in [1.165, 1.54) is 36.1 Å². The van der Waals surface area contributed by atoms with E-state index in [4.69, 9.17) is 0 Å². The van der Waals surface area contributed by atoms with Crippen LogP contribution in [-0.2, 0) is 14.4 Å². The maximum atomic E-state index is 13.0. The third-order valence-electron chi connectivity index (χ3n) is 4.28. The van der Waals surface area contributed by atoms with Crippen LogP contribution in [0, 0.1) is 11.7 Å². The molecule has 1 aromatic rings. The first-order valence-electron chi connectivity index (χ1n) is 7.91. The molecule has 1 aliphatic heterocycles. The second-order valence-electron chi connectivity index (χ2n) is 6.18. The lowest BCUT2D eigenvalue weighted by Crippen LogP contribution is -2.54. The minimum atomic E-state index is -1.39. The highest BCUT2D eigenvalue weighted by atomic mass is 19.1. The Morgan fingerprint density at radius 2 is 2.00 bits per heavy atom. The van der Waals surface area contributed by atoms with Crippen molar-refractivity contribution in [2.45, 2.75) is 38.6 Å². The minimum Gasteiger partial charge on any atom is -0.480 e. The number of anilines is 1. The molecule has 2 unspecified atom stereocenters. The van der Waals surface area contributed by atoms with Crippen LogP contribution in [0.1, 0.15) is 33.1 Å². The Kier molecular flexibility index (Phi) is 5.21. The standard InChI is InChI=1S/C17H21FN2O4/c1-3-9-17(2,16(23)24)19-14(21)13-8-10-20(15(13)22)12-6-4-11(18)5-7-12/h4-7,13H,3,8-10H2,1-2H3,(H,19,21)(H,23,24). The van der Waals surface area contributed by atoms with Crippen LogP contribution in [0.5, 0.6) is 0 Å². The predicted octanol–water partition coefficient (Wildman–Crippen LogP) is 1.94. The normalized spacial score (nSPS) is 19.9. The molecule has 0 radical (unpaired) electrons. The number of carboxylic acid groups (broad SMARTS) is 1. The van der Waals surface area contributed by atoms with E-state index < -0.39 is 35.1 Å². The van der Waals surface area contributed by atoms with E-state index in [0.29, 0.717) is 25.1 Å². The average molecular weight is 336 g/mol. The zero-order valence-corrected chi connectivity index (χ0v) is 13.7. The van der Waals surface area contributed by atoms with Crippen molar-refractivity contribution in [3.63, 3.8) is 0 Å². The summed E-state index contributed by atoms with van der Waals surface area (Å²) in [7, 11) is 0. The fourth-order valence-corrected chi connectivity index (χ4v) is 2.88. The third-order valence-corrected chi connectivity index (χ3v) is 4.28. The molecule has 2 amide bonds. The zero-order valence-electron chi connectivity index (χ0n) is 13.7. The van der Waals surface area contributed by atoms with Crippen molar-refractivity contribution in [2.75, 3.05) is 11.4 Å². The van der Waals surface area contributed by atoms with Crippen molar-refractivity contribution < 1.29 is 23.9 Å². The van der Waals surface area contributed by atoms with E-state index in [1.54, 1.807) is 0 Å². The Bertz CT molecular complexity index is 646. The van der Waals surface area contributed by atoms with Crippen molar-refractivity contribution in [1.82, 2.24) is 5.32 Å². The summed E-state index contributed by atoms with van der Waals surface area (Å²) < 4.78 is 13.0. The maximum Gasteiger partial charge on any atom is 0.329 e. The maximum absolute atomic E-state index is 13.0. The van der Waals surface area contributed by atoms with Gasteiger partial charge in [0, 0.05) is 12.2 Å². The van der Waals surface area contributed by atoms with Gasteiger partial charge in [0.25, 0.3) is 0 Å². The van der Waals surface area contributed by atoms with Gasteiger partial charge in [-0.3, -0.25) is 9.59 Å². The molecule has 0 aromatic heterocycles. The Morgan fingerprint density at radius 3 is 2.54 bits per heavy atom. The zero-order chi connectivity index (χ0) is 17.9. The molecule has 1 fully saturated rings. The first-order valence-corrected chi connectivity index (χ1v) is 7.91. The Morgan fingerprint density at radius 1 is 1.38 bits per heavy atom. The number of nitrogens with zero attached hydrogens (tertiary/aromatic N) is 1. The van der Waals surface area contributed by atoms with Crippen molar-refractivity contribution >= 4 is 23.5 Å². The second-order valence-corrected chi connectivity index (χ2v) is 6.18. The number of amides is 2. The molecular formula is C17H21FN2O4. The molecule has 0 bridgehead atoms. The number of hydrogen-bond acceptors (Lipinski definition) is 3. The Hall–Kier alpha value is -2.44. The molecule has 2 atom stereocenters. The summed E-state index contributed by atoms with van der Waals surface area (Å²) in [5.74, 6) is -3.44. The predicted molar refractivity (Wildman–Crippen MR) is 86.0 cm³/mol. The van der Waals surface area contributed by atoms with Crippen LogP contribution in [0.3, 0.4) is 0 Å². The molecule has 0 spiro atoms. The van der Waals surface area contributed by atoms with Crippen LogP contribution in [0.25, 0.3) is 0 Å². The van der Waals surface area contributed by atoms with Crippen LogP contribution in [0.15, 0.2) is 24.3 Å². The first kappa shape index (κ1) is 17.9. The summed E-state index contributed by atoms with van der Waals surface area (Å²) >= 11 is 0. The third kappa shape index (κ3) is 3.55. The van der Waals surface area contributed by atoms with Gasteiger partial charge in [-0.2, -0.15) is 0 Å². The van der Waals surface area contributed by atoms with Crippen molar-refractivity contribution in [2.24, 2.45) is 5.92 Å². The minimum absolute atomic E-state index is 0.274. The average Bonchev–Trinajstić information content (AvgIpc) is 2.90. The number of benzene rings is 1. The number of carboxylic acids is 1. The van der Waals surface area contributed by atoms with E-state index in [9.17, 15) is 23.9 Å². The first-order chi connectivity index (χ1) is 11.3. The highest BCUT2D eigenvalue weighted by Gasteiger charge is 2.42. The highest BCUT2D eigenvalue weighted by molar-refractivity contribution is 6.10. The van der Waals surface area contributed by atoms with Gasteiger partial charge in [0.05, 0.1) is 0 Å². The molecule has 0 aliphatic carbocycles. The van der Waals surface area contributed by atoms with Gasteiger partial charge in [-0.15, -0.1) is 0 Å². The molecule has 1 heterocycles. The number of aliphatic carboxylic acids is 1. The van der Waals surface area contributed by atoms with Gasteiger partial charge in [-0.25, -0.2) is 9.18 Å². The van der Waals surface area contributed by atoms with E-state index >= 15 is 0 Å². The van der Waals surface area contributed by atoms with E-state index in [1.807, 2.05) is 6.92 Å². The molecular weight excluding hydrogens is 315 g/mol. The molecule has 6 nitrogen and oxygen atoms in total. The largest absolute Gasteiger partial charge is 0.480 e. The molecule has 7 heteroatoms. The van der Waals surface area contributed by atoms with Crippen LogP contribution in [-0.4, -0.2) is 35.0 Å². The van der Waals surface area contributed by atoms with Crippen molar-refractivity contribution in [3.05, 3.63) is 30.1 Å². The number of carbonyl (C=O) groups is 3. The monoisotopic (exact) mass is 336 g/mol. The fourth-order valence-electron chi connectivity index (χ4n) is 2.88. The van der Waals surface area contributed by atoms with Crippen LogP contribution in [0.4, 0.5) is 10.1 Å². The van der Waals surface area contributed by atoms with Gasteiger partial charge in [-0.1, -0.05) is 13.3 Å². The van der Waals surface area contributed by atoms with Gasteiger partial charge < -0.3 is 15.3 Å².